The summed E-state index contributed by atoms with van der Waals surface area (Å²) in [5.41, 5.74) is 4.93. The van der Waals surface area contributed by atoms with Crippen molar-refractivity contribution in [3.63, 3.8) is 0 Å². The van der Waals surface area contributed by atoms with Crippen LogP contribution < -0.4 is 15.4 Å². The van der Waals surface area contributed by atoms with Gasteiger partial charge < -0.3 is 20.5 Å². The number of aromatic nitrogens is 1. The van der Waals surface area contributed by atoms with Crippen molar-refractivity contribution < 1.29 is 9.84 Å². The number of hydrogen-bond acceptors (Lipinski definition) is 6. The third-order valence-corrected chi connectivity index (χ3v) is 4.38. The van der Waals surface area contributed by atoms with Crippen molar-refractivity contribution in [3.8, 4) is 17.6 Å². The zero-order valence-electron chi connectivity index (χ0n) is 13.6. The number of ether oxygens (including phenoxy) is 1. The van der Waals surface area contributed by atoms with Crippen molar-refractivity contribution >= 4 is 28.0 Å². The molecule has 0 amide bonds. The van der Waals surface area contributed by atoms with Crippen LogP contribution in [-0.4, -0.2) is 23.7 Å². The highest BCUT2D eigenvalue weighted by Crippen LogP contribution is 2.37. The fourth-order valence-electron chi connectivity index (χ4n) is 3.10. The fourth-order valence-corrected chi connectivity index (χ4v) is 3.10. The van der Waals surface area contributed by atoms with Crippen molar-refractivity contribution in [1.82, 2.24) is 4.98 Å². The summed E-state index contributed by atoms with van der Waals surface area (Å²) in [6.07, 6.45) is 2.52. The van der Waals surface area contributed by atoms with Crippen LogP contribution in [0.25, 0.3) is 10.9 Å². The van der Waals surface area contributed by atoms with Crippen LogP contribution in [0.5, 0.6) is 11.5 Å². The Labute approximate surface area is 144 Å². The molecule has 25 heavy (non-hydrogen) atoms. The van der Waals surface area contributed by atoms with Gasteiger partial charge in [0, 0.05) is 35.6 Å². The predicted molar refractivity (Wildman–Crippen MR) is 96.6 cm³/mol. The first-order chi connectivity index (χ1) is 12.2. The van der Waals surface area contributed by atoms with E-state index in [-0.39, 0.29) is 5.75 Å². The lowest BCUT2D eigenvalue weighted by Gasteiger charge is -2.14. The first-order valence-corrected chi connectivity index (χ1v) is 7.93. The Bertz CT molecular complexity index is 1020. The third kappa shape index (κ3) is 2.56. The summed E-state index contributed by atoms with van der Waals surface area (Å²) >= 11 is 0. The van der Waals surface area contributed by atoms with Crippen LogP contribution in [0.4, 0.5) is 17.1 Å². The van der Waals surface area contributed by atoms with Gasteiger partial charge in [-0.25, -0.2) is 0 Å². The van der Waals surface area contributed by atoms with Crippen molar-refractivity contribution in [2.75, 3.05) is 24.3 Å². The van der Waals surface area contributed by atoms with Crippen molar-refractivity contribution in [1.29, 1.82) is 5.26 Å². The van der Waals surface area contributed by atoms with Gasteiger partial charge in [0.2, 0.25) is 0 Å². The number of rotatable bonds is 3. The molecule has 6 nitrogen and oxygen atoms in total. The number of anilines is 3. The number of aromatic hydroxyl groups is 1. The molecule has 0 fully saturated rings. The number of pyridine rings is 1. The zero-order chi connectivity index (χ0) is 17.4. The smallest absolute Gasteiger partial charge is 0.161 e. The Morgan fingerprint density at radius 2 is 2.20 bits per heavy atom. The minimum Gasteiger partial charge on any atom is -0.504 e. The maximum absolute atomic E-state index is 9.96. The molecule has 124 valence electrons. The number of nitrogens with zero attached hydrogens (tertiary/aromatic N) is 2. The van der Waals surface area contributed by atoms with Crippen LogP contribution in [0.3, 0.4) is 0 Å². The molecule has 2 heterocycles. The van der Waals surface area contributed by atoms with Gasteiger partial charge in [0.05, 0.1) is 23.9 Å². The minimum atomic E-state index is 0.0138. The second kappa shape index (κ2) is 5.87. The summed E-state index contributed by atoms with van der Waals surface area (Å²) in [6.45, 7) is 0.941. The molecular formula is C19H16N4O2. The molecule has 3 aromatic rings. The summed E-state index contributed by atoms with van der Waals surface area (Å²) in [5.74, 6) is 0.350. The Balaban J connectivity index is 1.86. The van der Waals surface area contributed by atoms with Crippen molar-refractivity contribution in [3.05, 3.63) is 47.7 Å². The molecule has 0 aliphatic carbocycles. The summed E-state index contributed by atoms with van der Waals surface area (Å²) < 4.78 is 5.19. The number of hydrogen-bond donors (Lipinski definition) is 3. The number of nitriles is 1. The van der Waals surface area contributed by atoms with E-state index in [1.54, 1.807) is 6.07 Å². The van der Waals surface area contributed by atoms with Gasteiger partial charge in [-0.15, -0.1) is 0 Å². The molecule has 1 aliphatic heterocycles. The lowest BCUT2D eigenvalue weighted by atomic mass is 10.1. The quantitative estimate of drug-likeness (QED) is 0.680. The minimum absolute atomic E-state index is 0.0138. The van der Waals surface area contributed by atoms with Crippen LogP contribution in [0, 0.1) is 11.3 Å². The number of phenols is 1. The molecule has 0 bridgehead atoms. The van der Waals surface area contributed by atoms with Gasteiger partial charge in [-0.1, -0.05) is 6.07 Å². The number of fused-ring (bicyclic) bond motifs is 2. The van der Waals surface area contributed by atoms with Crippen LogP contribution >= 0.6 is 0 Å². The summed E-state index contributed by atoms with van der Waals surface area (Å²) in [5, 5.41) is 26.8. The largest absolute Gasteiger partial charge is 0.504 e. The van der Waals surface area contributed by atoms with E-state index in [0.717, 1.165) is 24.3 Å². The van der Waals surface area contributed by atoms with Gasteiger partial charge in [0.1, 0.15) is 6.07 Å². The second-order valence-electron chi connectivity index (χ2n) is 5.87. The van der Waals surface area contributed by atoms with Gasteiger partial charge in [-0.2, -0.15) is 5.26 Å². The second-order valence-corrected chi connectivity index (χ2v) is 5.87. The summed E-state index contributed by atoms with van der Waals surface area (Å²) in [6, 6.07) is 11.5. The van der Waals surface area contributed by atoms with E-state index >= 15 is 0 Å². The first kappa shape index (κ1) is 15.1. The Morgan fingerprint density at radius 3 is 3.00 bits per heavy atom. The molecule has 1 aromatic heterocycles. The van der Waals surface area contributed by atoms with Crippen molar-refractivity contribution in [2.24, 2.45) is 0 Å². The van der Waals surface area contributed by atoms with Crippen LogP contribution in [-0.2, 0) is 6.42 Å². The average molecular weight is 332 g/mol. The summed E-state index contributed by atoms with van der Waals surface area (Å²) in [4.78, 5) is 4.26. The van der Waals surface area contributed by atoms with Crippen LogP contribution in [0.2, 0.25) is 0 Å². The topological polar surface area (TPSA) is 90.2 Å². The molecule has 0 saturated heterocycles. The fraction of sp³-hybridized carbons (Fsp3) is 0.158. The van der Waals surface area contributed by atoms with E-state index in [1.807, 2.05) is 12.1 Å². The molecule has 4 rings (SSSR count). The van der Waals surface area contributed by atoms with Gasteiger partial charge in [0.25, 0.3) is 0 Å². The maximum Gasteiger partial charge on any atom is 0.161 e. The maximum atomic E-state index is 9.96. The number of methoxy groups -OCH3 is 1. The molecule has 2 aromatic carbocycles. The van der Waals surface area contributed by atoms with Crippen molar-refractivity contribution in [2.45, 2.75) is 6.42 Å². The van der Waals surface area contributed by atoms with E-state index in [4.69, 9.17) is 4.74 Å². The lowest BCUT2D eigenvalue weighted by molar-refractivity contribution is 0.374. The van der Waals surface area contributed by atoms with E-state index in [0.29, 0.717) is 27.9 Å². The Hall–Kier alpha value is -3.46. The molecule has 0 unspecified atom stereocenters. The van der Waals surface area contributed by atoms with E-state index < -0.39 is 0 Å². The average Bonchev–Trinajstić information content (AvgIpc) is 3.09. The SMILES string of the molecule is COc1cc2c(Nc3ccc4c(c3)NCC4)c(C#N)cnc2cc1O. The van der Waals surface area contributed by atoms with E-state index in [2.05, 4.69) is 27.8 Å². The number of benzene rings is 2. The molecule has 3 N–H and O–H groups in total. The zero-order valence-corrected chi connectivity index (χ0v) is 13.6. The van der Waals surface area contributed by atoms with Crippen LogP contribution in [0.1, 0.15) is 11.1 Å². The normalized spacial score (nSPS) is 12.3. The summed E-state index contributed by atoms with van der Waals surface area (Å²) in [7, 11) is 1.49. The number of phenolic OH excluding ortho intramolecular Hbond substituents is 1. The molecule has 0 atom stereocenters. The van der Waals surface area contributed by atoms with Gasteiger partial charge in [-0.05, 0) is 30.2 Å². The molecule has 0 radical (unpaired) electrons. The lowest BCUT2D eigenvalue weighted by Crippen LogP contribution is -1.98. The highest BCUT2D eigenvalue weighted by molar-refractivity contribution is 5.97. The van der Waals surface area contributed by atoms with E-state index in [9.17, 15) is 10.4 Å². The number of nitrogens with one attached hydrogen (secondary N) is 2. The first-order valence-electron chi connectivity index (χ1n) is 7.93. The molecule has 6 heteroatoms. The van der Waals surface area contributed by atoms with Gasteiger partial charge >= 0.3 is 0 Å². The highest BCUT2D eigenvalue weighted by atomic mass is 16.5. The van der Waals surface area contributed by atoms with Gasteiger partial charge in [-0.3, -0.25) is 4.98 Å². The third-order valence-electron chi connectivity index (χ3n) is 4.38. The van der Waals surface area contributed by atoms with Gasteiger partial charge in [0.15, 0.2) is 11.5 Å². The Morgan fingerprint density at radius 1 is 1.32 bits per heavy atom. The molecule has 0 saturated carbocycles. The molecule has 0 spiro atoms. The molecule has 1 aliphatic rings. The molecular weight excluding hydrogens is 316 g/mol. The van der Waals surface area contributed by atoms with Crippen LogP contribution in [0.15, 0.2) is 36.5 Å². The highest BCUT2D eigenvalue weighted by Gasteiger charge is 2.15. The predicted octanol–water partition coefficient (Wildman–Crippen LogP) is 3.53. The van der Waals surface area contributed by atoms with E-state index in [1.165, 1.54) is 24.9 Å². The standard InChI is InChI=1S/C19H16N4O2/c1-25-18-7-14-16(8-17(18)24)22-10-12(9-20)19(14)23-13-3-2-11-4-5-21-15(11)6-13/h2-3,6-8,10,21,24H,4-5H2,1H3,(H,22,23). The Kier molecular flexibility index (Phi) is 3.55. The monoisotopic (exact) mass is 332 g/mol.